The number of benzene rings is 2. The summed E-state index contributed by atoms with van der Waals surface area (Å²) in [5, 5.41) is 0.868. The van der Waals surface area contributed by atoms with Crippen LogP contribution in [0.1, 0.15) is 15.4 Å². The Labute approximate surface area is 150 Å². The lowest BCUT2D eigenvalue weighted by molar-refractivity contribution is 0.0785. The summed E-state index contributed by atoms with van der Waals surface area (Å²) in [4.78, 5) is 18.6. The Morgan fingerprint density at radius 3 is 2.48 bits per heavy atom. The van der Waals surface area contributed by atoms with Crippen LogP contribution in [0, 0.1) is 0 Å². The van der Waals surface area contributed by atoms with Crippen LogP contribution >= 0.6 is 11.3 Å². The van der Waals surface area contributed by atoms with Crippen LogP contribution in [-0.4, -0.2) is 37.5 Å². The van der Waals surface area contributed by atoms with Crippen molar-refractivity contribution in [3.8, 4) is 0 Å². The Morgan fingerprint density at radius 2 is 1.84 bits per heavy atom. The Bertz CT molecular complexity index is 978. The average molecular weight is 375 g/mol. The standard InChI is InChI=1S/C17H17N3O3S2/c1-20(11-16-18-14-5-3-4-6-15(14)24-16)17(21)12-7-9-13(10-8-12)19-25(2,22)23/h3-10,19H,11H2,1-2H3. The zero-order valence-electron chi connectivity index (χ0n) is 13.8. The summed E-state index contributed by atoms with van der Waals surface area (Å²) in [5.74, 6) is -0.148. The molecule has 0 unspecified atom stereocenters. The maximum absolute atomic E-state index is 12.5. The van der Waals surface area contributed by atoms with Crippen molar-refractivity contribution in [1.82, 2.24) is 9.88 Å². The molecule has 25 heavy (non-hydrogen) atoms. The summed E-state index contributed by atoms with van der Waals surface area (Å²) >= 11 is 1.57. The van der Waals surface area contributed by atoms with E-state index in [1.807, 2.05) is 24.3 Å². The number of anilines is 1. The first-order valence-electron chi connectivity index (χ1n) is 7.49. The van der Waals surface area contributed by atoms with Gasteiger partial charge in [0.05, 0.1) is 23.0 Å². The molecule has 3 aromatic rings. The molecule has 0 atom stereocenters. The van der Waals surface area contributed by atoms with E-state index in [0.29, 0.717) is 17.8 Å². The Morgan fingerprint density at radius 1 is 1.16 bits per heavy atom. The first-order valence-corrected chi connectivity index (χ1v) is 10.2. The number of para-hydroxylation sites is 1. The maximum atomic E-state index is 12.5. The minimum Gasteiger partial charge on any atom is -0.335 e. The van der Waals surface area contributed by atoms with Crippen molar-refractivity contribution in [3.05, 3.63) is 59.1 Å². The molecular weight excluding hydrogens is 358 g/mol. The molecule has 1 aromatic heterocycles. The summed E-state index contributed by atoms with van der Waals surface area (Å²) in [6, 6.07) is 14.2. The third-order valence-electron chi connectivity index (χ3n) is 3.49. The van der Waals surface area contributed by atoms with Crippen molar-refractivity contribution >= 4 is 43.2 Å². The van der Waals surface area contributed by atoms with Gasteiger partial charge >= 0.3 is 0 Å². The fourth-order valence-electron chi connectivity index (χ4n) is 2.38. The summed E-state index contributed by atoms with van der Waals surface area (Å²) < 4.78 is 25.9. The summed E-state index contributed by atoms with van der Waals surface area (Å²) in [5.41, 5.74) is 1.84. The van der Waals surface area contributed by atoms with Gasteiger partial charge in [0.25, 0.3) is 5.91 Å². The monoisotopic (exact) mass is 375 g/mol. The molecule has 0 bridgehead atoms. The van der Waals surface area contributed by atoms with Gasteiger partial charge in [0, 0.05) is 18.3 Å². The van der Waals surface area contributed by atoms with Crippen LogP contribution in [-0.2, 0) is 16.6 Å². The number of aromatic nitrogens is 1. The Kier molecular flexibility index (Phi) is 4.73. The minimum absolute atomic E-state index is 0.148. The lowest BCUT2D eigenvalue weighted by Gasteiger charge is -2.16. The summed E-state index contributed by atoms with van der Waals surface area (Å²) in [6.07, 6.45) is 1.08. The van der Waals surface area contributed by atoms with Crippen LogP contribution in [0.5, 0.6) is 0 Å². The van der Waals surface area contributed by atoms with E-state index < -0.39 is 10.0 Å². The van der Waals surface area contributed by atoms with Crippen LogP contribution in [0.2, 0.25) is 0 Å². The van der Waals surface area contributed by atoms with Gasteiger partial charge in [0.15, 0.2) is 0 Å². The molecule has 0 fully saturated rings. The number of sulfonamides is 1. The number of amides is 1. The first kappa shape index (κ1) is 17.4. The molecule has 1 amide bonds. The molecule has 1 heterocycles. The second-order valence-electron chi connectivity index (χ2n) is 5.69. The number of carbonyl (C=O) groups is 1. The van der Waals surface area contributed by atoms with Crippen molar-refractivity contribution in [2.45, 2.75) is 6.54 Å². The van der Waals surface area contributed by atoms with E-state index in [-0.39, 0.29) is 5.91 Å². The lowest BCUT2D eigenvalue weighted by Crippen LogP contribution is -2.26. The summed E-state index contributed by atoms with van der Waals surface area (Å²) in [6.45, 7) is 0.418. The molecule has 6 nitrogen and oxygen atoms in total. The highest BCUT2D eigenvalue weighted by atomic mass is 32.2. The predicted octanol–water partition coefficient (Wildman–Crippen LogP) is 2.94. The molecule has 0 aliphatic rings. The Hall–Kier alpha value is -2.45. The van der Waals surface area contributed by atoms with E-state index in [0.717, 1.165) is 21.5 Å². The van der Waals surface area contributed by atoms with Crippen molar-refractivity contribution < 1.29 is 13.2 Å². The Balaban J connectivity index is 1.71. The van der Waals surface area contributed by atoms with E-state index in [1.54, 1.807) is 47.5 Å². The molecule has 8 heteroatoms. The highest BCUT2D eigenvalue weighted by Crippen LogP contribution is 2.23. The molecule has 0 aliphatic carbocycles. The van der Waals surface area contributed by atoms with Gasteiger partial charge in [-0.15, -0.1) is 11.3 Å². The molecule has 3 rings (SSSR count). The van der Waals surface area contributed by atoms with Gasteiger partial charge < -0.3 is 4.90 Å². The number of nitrogens with one attached hydrogen (secondary N) is 1. The summed E-state index contributed by atoms with van der Waals surface area (Å²) in [7, 11) is -1.61. The van der Waals surface area contributed by atoms with E-state index in [1.165, 1.54) is 0 Å². The fraction of sp³-hybridized carbons (Fsp3) is 0.176. The average Bonchev–Trinajstić information content (AvgIpc) is 2.95. The number of hydrogen-bond donors (Lipinski definition) is 1. The quantitative estimate of drug-likeness (QED) is 0.744. The van der Waals surface area contributed by atoms with Crippen LogP contribution in [0.3, 0.4) is 0 Å². The normalized spacial score (nSPS) is 11.4. The third-order valence-corrected chi connectivity index (χ3v) is 5.12. The molecule has 0 saturated carbocycles. The van der Waals surface area contributed by atoms with E-state index in [9.17, 15) is 13.2 Å². The van der Waals surface area contributed by atoms with Gasteiger partial charge in [-0.3, -0.25) is 9.52 Å². The van der Waals surface area contributed by atoms with Gasteiger partial charge in [-0.25, -0.2) is 13.4 Å². The molecular formula is C17H17N3O3S2. The van der Waals surface area contributed by atoms with Gasteiger partial charge in [0.2, 0.25) is 10.0 Å². The number of carbonyl (C=O) groups excluding carboxylic acids is 1. The second-order valence-corrected chi connectivity index (χ2v) is 8.55. The largest absolute Gasteiger partial charge is 0.335 e. The number of nitrogens with zero attached hydrogens (tertiary/aromatic N) is 2. The van der Waals surface area contributed by atoms with Gasteiger partial charge in [-0.05, 0) is 36.4 Å². The van der Waals surface area contributed by atoms with Gasteiger partial charge in [0.1, 0.15) is 5.01 Å². The van der Waals surface area contributed by atoms with Crippen LogP contribution in [0.15, 0.2) is 48.5 Å². The molecule has 0 radical (unpaired) electrons. The van der Waals surface area contributed by atoms with E-state index in [4.69, 9.17) is 0 Å². The molecule has 2 aromatic carbocycles. The number of hydrogen-bond acceptors (Lipinski definition) is 5. The van der Waals surface area contributed by atoms with Gasteiger partial charge in [-0.2, -0.15) is 0 Å². The molecule has 0 spiro atoms. The fourth-order valence-corrected chi connectivity index (χ4v) is 3.96. The van der Waals surface area contributed by atoms with Crippen LogP contribution in [0.25, 0.3) is 10.2 Å². The smallest absolute Gasteiger partial charge is 0.253 e. The van der Waals surface area contributed by atoms with E-state index >= 15 is 0 Å². The lowest BCUT2D eigenvalue weighted by atomic mass is 10.2. The second kappa shape index (κ2) is 6.81. The topological polar surface area (TPSA) is 79.4 Å². The highest BCUT2D eigenvalue weighted by Gasteiger charge is 2.14. The van der Waals surface area contributed by atoms with Gasteiger partial charge in [-0.1, -0.05) is 12.1 Å². The zero-order valence-corrected chi connectivity index (χ0v) is 15.4. The van der Waals surface area contributed by atoms with Crippen molar-refractivity contribution in [1.29, 1.82) is 0 Å². The number of rotatable bonds is 5. The molecule has 130 valence electrons. The maximum Gasteiger partial charge on any atom is 0.253 e. The third kappa shape index (κ3) is 4.34. The van der Waals surface area contributed by atoms with Crippen molar-refractivity contribution in [2.75, 3.05) is 18.0 Å². The molecule has 1 N–H and O–H groups in total. The van der Waals surface area contributed by atoms with Crippen molar-refractivity contribution in [2.24, 2.45) is 0 Å². The zero-order chi connectivity index (χ0) is 18.0. The number of thiazole rings is 1. The van der Waals surface area contributed by atoms with Crippen molar-refractivity contribution in [3.63, 3.8) is 0 Å². The number of fused-ring (bicyclic) bond motifs is 1. The molecule has 0 aliphatic heterocycles. The minimum atomic E-state index is -3.33. The first-order chi connectivity index (χ1) is 11.8. The predicted molar refractivity (Wildman–Crippen MR) is 100 cm³/mol. The van der Waals surface area contributed by atoms with E-state index in [2.05, 4.69) is 9.71 Å². The van der Waals surface area contributed by atoms with Crippen LogP contribution in [0.4, 0.5) is 5.69 Å². The molecule has 0 saturated heterocycles. The highest BCUT2D eigenvalue weighted by molar-refractivity contribution is 7.92. The van der Waals surface area contributed by atoms with Crippen LogP contribution < -0.4 is 4.72 Å². The SMILES string of the molecule is CN(Cc1nc2ccccc2s1)C(=O)c1ccc(NS(C)(=O)=O)cc1.